The minimum absolute atomic E-state index is 0.0639. The molecule has 3 aliphatic rings. The molecule has 1 spiro atoms. The average molecular weight is 265 g/mol. The van der Waals surface area contributed by atoms with E-state index in [0.717, 1.165) is 32.5 Å². The van der Waals surface area contributed by atoms with Gasteiger partial charge in [0.05, 0.1) is 5.60 Å². The molecule has 0 aromatic rings. The minimum Gasteiger partial charge on any atom is -0.375 e. The molecule has 1 saturated carbocycles. The Morgan fingerprint density at radius 3 is 2.63 bits per heavy atom. The van der Waals surface area contributed by atoms with Gasteiger partial charge in [-0.05, 0) is 44.7 Å². The zero-order valence-electron chi connectivity index (χ0n) is 12.1. The smallest absolute Gasteiger partial charge is 0.139 e. The number of carbonyl (C=O) groups is 1. The van der Waals surface area contributed by atoms with Crippen LogP contribution in [0.15, 0.2) is 0 Å². The summed E-state index contributed by atoms with van der Waals surface area (Å²) >= 11 is 0. The highest BCUT2D eigenvalue weighted by Gasteiger charge is 2.42. The molecule has 3 heteroatoms. The zero-order chi connectivity index (χ0) is 13.3. The van der Waals surface area contributed by atoms with Crippen molar-refractivity contribution in [3.05, 3.63) is 0 Å². The maximum atomic E-state index is 12.7. The fraction of sp³-hybridized carbons (Fsp3) is 0.938. The van der Waals surface area contributed by atoms with Crippen LogP contribution in [-0.2, 0) is 9.53 Å². The van der Waals surface area contributed by atoms with Gasteiger partial charge < -0.3 is 10.1 Å². The molecule has 19 heavy (non-hydrogen) atoms. The van der Waals surface area contributed by atoms with Crippen molar-refractivity contribution in [2.75, 3.05) is 19.7 Å². The van der Waals surface area contributed by atoms with E-state index in [-0.39, 0.29) is 17.4 Å². The second-order valence-corrected chi connectivity index (χ2v) is 6.89. The summed E-state index contributed by atoms with van der Waals surface area (Å²) < 4.78 is 6.10. The predicted molar refractivity (Wildman–Crippen MR) is 75.0 cm³/mol. The standard InChI is InChI=1S/C16H27NO2/c1-12(14-10-17-11-14)15(18)13-5-8-19-16(9-13)6-3-2-4-7-16/h12-14,17H,2-11H2,1H3. The summed E-state index contributed by atoms with van der Waals surface area (Å²) in [7, 11) is 0. The molecular formula is C16H27NO2. The fourth-order valence-electron chi connectivity index (χ4n) is 4.08. The number of Topliss-reactive ketones (excluding diaryl/α,β-unsaturated/α-hetero) is 1. The summed E-state index contributed by atoms with van der Waals surface area (Å²) in [6.07, 6.45) is 8.20. The number of nitrogens with one attached hydrogen (secondary N) is 1. The van der Waals surface area contributed by atoms with Crippen LogP contribution in [0.25, 0.3) is 0 Å². The van der Waals surface area contributed by atoms with Gasteiger partial charge >= 0.3 is 0 Å². The molecule has 2 atom stereocenters. The first-order chi connectivity index (χ1) is 9.20. The molecule has 3 rings (SSSR count). The van der Waals surface area contributed by atoms with E-state index in [0.29, 0.717) is 11.7 Å². The van der Waals surface area contributed by atoms with Gasteiger partial charge in [-0.25, -0.2) is 0 Å². The lowest BCUT2D eigenvalue weighted by Gasteiger charge is -2.44. The van der Waals surface area contributed by atoms with Crippen molar-refractivity contribution in [2.45, 2.75) is 57.5 Å². The highest BCUT2D eigenvalue weighted by Crippen LogP contribution is 2.41. The van der Waals surface area contributed by atoms with Crippen molar-refractivity contribution >= 4 is 5.78 Å². The maximum Gasteiger partial charge on any atom is 0.139 e. The summed E-state index contributed by atoms with van der Waals surface area (Å²) in [4.78, 5) is 12.7. The predicted octanol–water partition coefficient (Wildman–Crippen LogP) is 2.54. The zero-order valence-corrected chi connectivity index (χ0v) is 12.1. The van der Waals surface area contributed by atoms with E-state index < -0.39 is 0 Å². The van der Waals surface area contributed by atoms with Gasteiger partial charge in [0.15, 0.2) is 0 Å². The summed E-state index contributed by atoms with van der Waals surface area (Å²) in [5.74, 6) is 1.60. The molecule has 0 aromatic carbocycles. The van der Waals surface area contributed by atoms with Gasteiger partial charge in [-0.1, -0.05) is 26.2 Å². The van der Waals surface area contributed by atoms with Gasteiger partial charge in [-0.2, -0.15) is 0 Å². The van der Waals surface area contributed by atoms with Gasteiger partial charge in [0.1, 0.15) is 5.78 Å². The Kier molecular flexibility index (Phi) is 3.95. The Hall–Kier alpha value is -0.410. The quantitative estimate of drug-likeness (QED) is 0.852. The van der Waals surface area contributed by atoms with Crippen LogP contribution in [0.4, 0.5) is 0 Å². The van der Waals surface area contributed by atoms with Gasteiger partial charge in [0.2, 0.25) is 0 Å². The van der Waals surface area contributed by atoms with Crippen molar-refractivity contribution in [3.63, 3.8) is 0 Å². The van der Waals surface area contributed by atoms with Crippen LogP contribution in [0.5, 0.6) is 0 Å². The van der Waals surface area contributed by atoms with Crippen molar-refractivity contribution < 1.29 is 9.53 Å². The van der Waals surface area contributed by atoms with Crippen LogP contribution < -0.4 is 5.32 Å². The third-order valence-corrected chi connectivity index (χ3v) is 5.63. The SMILES string of the molecule is CC(C(=O)C1CCOC2(CCCCC2)C1)C1CNC1. The van der Waals surface area contributed by atoms with Gasteiger partial charge in [-0.3, -0.25) is 4.79 Å². The van der Waals surface area contributed by atoms with Crippen LogP contribution in [0.3, 0.4) is 0 Å². The van der Waals surface area contributed by atoms with Gasteiger partial charge in [0, 0.05) is 18.4 Å². The molecule has 1 N–H and O–H groups in total. The number of ether oxygens (including phenoxy) is 1. The van der Waals surface area contributed by atoms with E-state index in [2.05, 4.69) is 12.2 Å². The minimum atomic E-state index is 0.0639. The Bertz CT molecular complexity index is 326. The molecule has 0 aromatic heterocycles. The largest absolute Gasteiger partial charge is 0.375 e. The first kappa shape index (κ1) is 13.6. The second-order valence-electron chi connectivity index (χ2n) is 6.89. The number of ketones is 1. The third-order valence-electron chi connectivity index (χ3n) is 5.63. The molecule has 0 amide bonds. The van der Waals surface area contributed by atoms with Crippen molar-refractivity contribution in [1.29, 1.82) is 0 Å². The summed E-state index contributed by atoms with van der Waals surface area (Å²) in [5.41, 5.74) is 0.0639. The van der Waals surface area contributed by atoms with Crippen LogP contribution in [0.2, 0.25) is 0 Å². The lowest BCUT2D eigenvalue weighted by atomic mass is 9.71. The van der Waals surface area contributed by atoms with Crippen LogP contribution >= 0.6 is 0 Å². The van der Waals surface area contributed by atoms with Crippen LogP contribution in [0.1, 0.15) is 51.9 Å². The molecule has 1 aliphatic carbocycles. The van der Waals surface area contributed by atoms with E-state index in [1.165, 1.54) is 32.1 Å². The molecule has 3 fully saturated rings. The highest BCUT2D eigenvalue weighted by molar-refractivity contribution is 5.83. The average Bonchev–Trinajstić information content (AvgIpc) is 2.37. The monoisotopic (exact) mass is 265 g/mol. The molecule has 2 saturated heterocycles. The summed E-state index contributed by atoms with van der Waals surface area (Å²) in [6, 6.07) is 0. The maximum absolute atomic E-state index is 12.7. The molecule has 2 aliphatic heterocycles. The Morgan fingerprint density at radius 1 is 1.26 bits per heavy atom. The number of hydrogen-bond donors (Lipinski definition) is 1. The Labute approximate surface area is 116 Å². The molecule has 2 heterocycles. The molecule has 2 unspecified atom stereocenters. The molecule has 3 nitrogen and oxygen atoms in total. The van der Waals surface area contributed by atoms with E-state index in [9.17, 15) is 4.79 Å². The van der Waals surface area contributed by atoms with E-state index >= 15 is 0 Å². The lowest BCUT2D eigenvalue weighted by Crippen LogP contribution is -2.50. The number of carbonyl (C=O) groups excluding carboxylic acids is 1. The summed E-state index contributed by atoms with van der Waals surface area (Å²) in [5, 5.41) is 3.28. The normalized spacial score (nSPS) is 32.8. The molecule has 0 bridgehead atoms. The van der Waals surface area contributed by atoms with Gasteiger partial charge in [-0.15, -0.1) is 0 Å². The number of hydrogen-bond acceptors (Lipinski definition) is 3. The molecular weight excluding hydrogens is 238 g/mol. The van der Waals surface area contributed by atoms with E-state index in [1.54, 1.807) is 0 Å². The van der Waals surface area contributed by atoms with E-state index in [1.807, 2.05) is 0 Å². The lowest BCUT2D eigenvalue weighted by molar-refractivity contribution is -0.147. The molecule has 0 radical (unpaired) electrons. The third kappa shape index (κ3) is 2.73. The first-order valence-corrected chi connectivity index (χ1v) is 8.09. The van der Waals surface area contributed by atoms with Crippen molar-refractivity contribution in [2.24, 2.45) is 17.8 Å². The fourth-order valence-corrected chi connectivity index (χ4v) is 4.08. The van der Waals surface area contributed by atoms with Crippen LogP contribution in [0, 0.1) is 17.8 Å². The van der Waals surface area contributed by atoms with Gasteiger partial charge in [0.25, 0.3) is 0 Å². The van der Waals surface area contributed by atoms with Crippen molar-refractivity contribution in [1.82, 2.24) is 5.32 Å². The topological polar surface area (TPSA) is 38.3 Å². The Morgan fingerprint density at radius 2 is 2.00 bits per heavy atom. The first-order valence-electron chi connectivity index (χ1n) is 8.09. The second kappa shape index (κ2) is 5.53. The summed E-state index contributed by atoms with van der Waals surface area (Å²) in [6.45, 7) is 4.99. The number of rotatable bonds is 3. The van der Waals surface area contributed by atoms with Crippen LogP contribution in [-0.4, -0.2) is 31.1 Å². The molecule has 108 valence electrons. The van der Waals surface area contributed by atoms with Crippen molar-refractivity contribution in [3.8, 4) is 0 Å². The Balaban J connectivity index is 1.62. The van der Waals surface area contributed by atoms with E-state index in [4.69, 9.17) is 4.74 Å². The highest BCUT2D eigenvalue weighted by atomic mass is 16.5.